The lowest BCUT2D eigenvalue weighted by Gasteiger charge is -2.08. The molecule has 21 heavy (non-hydrogen) atoms. The quantitative estimate of drug-likeness (QED) is 0.885. The van der Waals surface area contributed by atoms with Gasteiger partial charge < -0.3 is 10.7 Å². The summed E-state index contributed by atoms with van der Waals surface area (Å²) in [4.78, 5) is 7.48. The number of benzene rings is 1. The monoisotopic (exact) mass is 307 g/mol. The van der Waals surface area contributed by atoms with Crippen LogP contribution in [-0.2, 0) is 9.84 Å². The maximum Gasteiger partial charge on any atom is 0.147 e. The number of hydrogen-bond acceptors (Lipinski definition) is 4. The maximum absolute atomic E-state index is 11.2. The third-order valence-electron chi connectivity index (χ3n) is 3.42. The Morgan fingerprint density at radius 1 is 1.33 bits per heavy atom. The standard InChI is InChI=1S/C15H21N3O2S/c1-10-4-5-12(11(2)8-10)14-9-17-15(18-14)13(16)6-7-21(3,19)20/h4-5,8-9,13H,6-7,16H2,1-3H3,(H,17,18). The van der Waals surface area contributed by atoms with Gasteiger partial charge in [0, 0.05) is 11.8 Å². The molecule has 0 fully saturated rings. The topological polar surface area (TPSA) is 88.8 Å². The van der Waals surface area contributed by atoms with E-state index in [0.29, 0.717) is 12.2 Å². The Balaban J connectivity index is 2.17. The van der Waals surface area contributed by atoms with E-state index in [1.54, 1.807) is 6.20 Å². The highest BCUT2D eigenvalue weighted by molar-refractivity contribution is 7.90. The highest BCUT2D eigenvalue weighted by Crippen LogP contribution is 2.24. The van der Waals surface area contributed by atoms with Crippen molar-refractivity contribution < 1.29 is 8.42 Å². The molecule has 0 amide bonds. The van der Waals surface area contributed by atoms with Crippen molar-refractivity contribution in [1.82, 2.24) is 9.97 Å². The van der Waals surface area contributed by atoms with Crippen LogP contribution in [0.5, 0.6) is 0 Å². The third-order valence-corrected chi connectivity index (χ3v) is 4.40. The lowest BCUT2D eigenvalue weighted by molar-refractivity contribution is 0.588. The zero-order valence-electron chi connectivity index (χ0n) is 12.6. The first-order valence-corrected chi connectivity index (χ1v) is 8.88. The van der Waals surface area contributed by atoms with Crippen molar-refractivity contribution in [2.75, 3.05) is 12.0 Å². The molecule has 3 N–H and O–H groups in total. The summed E-state index contributed by atoms with van der Waals surface area (Å²) >= 11 is 0. The molecule has 0 bridgehead atoms. The van der Waals surface area contributed by atoms with Gasteiger partial charge in [-0.1, -0.05) is 23.8 Å². The molecular weight excluding hydrogens is 286 g/mol. The van der Waals surface area contributed by atoms with E-state index < -0.39 is 15.9 Å². The fourth-order valence-electron chi connectivity index (χ4n) is 2.26. The van der Waals surface area contributed by atoms with Crippen LogP contribution in [0.25, 0.3) is 11.3 Å². The number of H-pyrrole nitrogens is 1. The summed E-state index contributed by atoms with van der Waals surface area (Å²) in [6.07, 6.45) is 3.31. The zero-order chi connectivity index (χ0) is 15.6. The van der Waals surface area contributed by atoms with Crippen LogP contribution in [0.3, 0.4) is 0 Å². The van der Waals surface area contributed by atoms with Crippen LogP contribution in [-0.4, -0.2) is 30.4 Å². The lowest BCUT2D eigenvalue weighted by Crippen LogP contribution is -2.16. The van der Waals surface area contributed by atoms with Crippen molar-refractivity contribution in [3.63, 3.8) is 0 Å². The normalized spacial score (nSPS) is 13.3. The van der Waals surface area contributed by atoms with Crippen molar-refractivity contribution in [3.05, 3.63) is 41.3 Å². The first kappa shape index (κ1) is 15.7. The van der Waals surface area contributed by atoms with E-state index >= 15 is 0 Å². The molecule has 1 unspecified atom stereocenters. The Hall–Kier alpha value is -1.66. The van der Waals surface area contributed by atoms with Gasteiger partial charge in [0.2, 0.25) is 0 Å². The Morgan fingerprint density at radius 3 is 2.67 bits per heavy atom. The second kappa shape index (κ2) is 5.99. The molecule has 114 valence electrons. The first-order chi connectivity index (χ1) is 9.76. The third kappa shape index (κ3) is 4.15. The minimum Gasteiger partial charge on any atom is -0.341 e. The van der Waals surface area contributed by atoms with Crippen molar-refractivity contribution in [2.45, 2.75) is 26.3 Å². The first-order valence-electron chi connectivity index (χ1n) is 6.82. The van der Waals surface area contributed by atoms with Gasteiger partial charge in [0.15, 0.2) is 0 Å². The molecule has 1 aromatic carbocycles. The maximum atomic E-state index is 11.2. The molecular formula is C15H21N3O2S. The highest BCUT2D eigenvalue weighted by atomic mass is 32.2. The van der Waals surface area contributed by atoms with E-state index in [1.165, 1.54) is 11.8 Å². The van der Waals surface area contributed by atoms with Crippen LogP contribution < -0.4 is 5.73 Å². The largest absolute Gasteiger partial charge is 0.341 e. The number of nitrogens with one attached hydrogen (secondary N) is 1. The summed E-state index contributed by atoms with van der Waals surface area (Å²) in [5.74, 6) is 0.682. The summed E-state index contributed by atoms with van der Waals surface area (Å²) in [7, 11) is -3.01. The van der Waals surface area contributed by atoms with Crippen LogP contribution >= 0.6 is 0 Å². The summed E-state index contributed by atoms with van der Waals surface area (Å²) in [6.45, 7) is 4.10. The van der Waals surface area contributed by atoms with Gasteiger partial charge in [-0.2, -0.15) is 0 Å². The SMILES string of the molecule is Cc1ccc(-c2cnc(C(N)CCS(C)(=O)=O)[nH]2)c(C)c1. The number of sulfone groups is 1. The van der Waals surface area contributed by atoms with Crippen molar-refractivity contribution >= 4 is 9.84 Å². The van der Waals surface area contributed by atoms with E-state index in [4.69, 9.17) is 5.73 Å². The predicted octanol–water partition coefficient (Wildman–Crippen LogP) is 2.13. The molecule has 0 aliphatic heterocycles. The van der Waals surface area contributed by atoms with Crippen molar-refractivity contribution in [1.29, 1.82) is 0 Å². The van der Waals surface area contributed by atoms with E-state index in [1.807, 2.05) is 19.1 Å². The van der Waals surface area contributed by atoms with Gasteiger partial charge in [-0.3, -0.25) is 0 Å². The van der Waals surface area contributed by atoms with Crippen LogP contribution in [0.15, 0.2) is 24.4 Å². The van der Waals surface area contributed by atoms with Gasteiger partial charge >= 0.3 is 0 Å². The predicted molar refractivity (Wildman–Crippen MR) is 84.8 cm³/mol. The minimum atomic E-state index is -3.01. The number of aryl methyl sites for hydroxylation is 2. The molecule has 1 heterocycles. The molecule has 0 spiro atoms. The van der Waals surface area contributed by atoms with Gasteiger partial charge in [0.1, 0.15) is 15.7 Å². The summed E-state index contributed by atoms with van der Waals surface area (Å²) in [6, 6.07) is 5.80. The fraction of sp³-hybridized carbons (Fsp3) is 0.400. The average molecular weight is 307 g/mol. The Kier molecular flexibility index (Phi) is 4.49. The van der Waals surface area contributed by atoms with E-state index in [0.717, 1.165) is 16.8 Å². The van der Waals surface area contributed by atoms with E-state index in [2.05, 4.69) is 23.0 Å². The number of imidazole rings is 1. The zero-order valence-corrected chi connectivity index (χ0v) is 13.4. The van der Waals surface area contributed by atoms with Gasteiger partial charge in [-0.15, -0.1) is 0 Å². The molecule has 5 nitrogen and oxygen atoms in total. The molecule has 0 aliphatic rings. The van der Waals surface area contributed by atoms with E-state index in [-0.39, 0.29) is 5.75 Å². The number of hydrogen-bond donors (Lipinski definition) is 2. The van der Waals surface area contributed by atoms with Crippen LogP contribution in [0.4, 0.5) is 0 Å². The molecule has 0 aliphatic carbocycles. The minimum absolute atomic E-state index is 0.0633. The molecule has 2 aromatic rings. The van der Waals surface area contributed by atoms with Gasteiger partial charge in [0.25, 0.3) is 0 Å². The second-order valence-electron chi connectivity index (χ2n) is 5.53. The molecule has 6 heteroatoms. The number of aromatic nitrogens is 2. The number of nitrogens with zero attached hydrogens (tertiary/aromatic N) is 1. The van der Waals surface area contributed by atoms with E-state index in [9.17, 15) is 8.42 Å². The highest BCUT2D eigenvalue weighted by Gasteiger charge is 2.14. The molecule has 0 saturated heterocycles. The number of aromatic amines is 1. The van der Waals surface area contributed by atoms with Crippen LogP contribution in [0, 0.1) is 13.8 Å². The Bertz CT molecular complexity index is 735. The summed E-state index contributed by atoms with van der Waals surface area (Å²) in [5.41, 5.74) is 10.3. The molecule has 1 atom stereocenters. The average Bonchev–Trinajstić information content (AvgIpc) is 2.84. The second-order valence-corrected chi connectivity index (χ2v) is 7.79. The number of rotatable bonds is 5. The molecule has 2 rings (SSSR count). The lowest BCUT2D eigenvalue weighted by atomic mass is 10.0. The Labute approximate surface area is 125 Å². The van der Waals surface area contributed by atoms with Crippen molar-refractivity contribution in [2.24, 2.45) is 5.73 Å². The molecule has 1 aromatic heterocycles. The molecule has 0 radical (unpaired) electrons. The summed E-state index contributed by atoms with van der Waals surface area (Å²) in [5, 5.41) is 0. The smallest absolute Gasteiger partial charge is 0.147 e. The Morgan fingerprint density at radius 2 is 2.05 bits per heavy atom. The van der Waals surface area contributed by atoms with Crippen LogP contribution in [0.2, 0.25) is 0 Å². The van der Waals surface area contributed by atoms with Crippen molar-refractivity contribution in [3.8, 4) is 11.3 Å². The van der Waals surface area contributed by atoms with Gasteiger partial charge in [-0.05, 0) is 25.8 Å². The fourth-order valence-corrected chi connectivity index (χ4v) is 2.94. The van der Waals surface area contributed by atoms with Gasteiger partial charge in [-0.25, -0.2) is 13.4 Å². The van der Waals surface area contributed by atoms with Crippen LogP contribution in [0.1, 0.15) is 29.4 Å². The number of nitrogens with two attached hydrogens (primary N) is 1. The van der Waals surface area contributed by atoms with Gasteiger partial charge in [0.05, 0.1) is 23.7 Å². The summed E-state index contributed by atoms with van der Waals surface area (Å²) < 4.78 is 22.4. The molecule has 0 saturated carbocycles.